The molecule has 1 heterocycles. The normalized spacial score (nSPS) is 18.4. The number of rotatable bonds is 5. The molecular weight excluding hydrogens is 371 g/mol. The lowest BCUT2D eigenvalue weighted by molar-refractivity contribution is 0.371. The summed E-state index contributed by atoms with van der Waals surface area (Å²) in [6.45, 7) is 7.93. The van der Waals surface area contributed by atoms with Crippen molar-refractivity contribution in [1.29, 1.82) is 0 Å². The van der Waals surface area contributed by atoms with Crippen molar-refractivity contribution in [2.45, 2.75) is 50.8 Å². The van der Waals surface area contributed by atoms with Gasteiger partial charge in [0.2, 0.25) is 0 Å². The molecule has 0 amide bonds. The molecule has 1 fully saturated rings. The Bertz CT molecular complexity index is 789. The molecule has 1 aromatic heterocycles. The van der Waals surface area contributed by atoms with Gasteiger partial charge in [-0.15, -0.1) is 4.72 Å². The lowest BCUT2D eigenvalue weighted by Crippen LogP contribution is -2.51. The fourth-order valence-electron chi connectivity index (χ4n) is 2.95. The Morgan fingerprint density at radius 3 is 2.31 bits per heavy atom. The highest BCUT2D eigenvalue weighted by Crippen LogP contribution is 2.47. The van der Waals surface area contributed by atoms with Crippen molar-refractivity contribution in [2.24, 2.45) is 5.92 Å². The summed E-state index contributed by atoms with van der Waals surface area (Å²) in [4.78, 5) is 4.39. The molecule has 0 radical (unpaired) electrons. The highest BCUT2D eigenvalue weighted by Gasteiger charge is 2.48. The molecule has 2 atom stereocenters. The van der Waals surface area contributed by atoms with E-state index in [0.717, 1.165) is 24.0 Å². The van der Waals surface area contributed by atoms with Crippen molar-refractivity contribution in [3.05, 3.63) is 52.9 Å². The van der Waals surface area contributed by atoms with Crippen LogP contribution in [0.2, 0.25) is 5.15 Å². The van der Waals surface area contributed by atoms with Crippen LogP contribution in [0.3, 0.4) is 0 Å². The van der Waals surface area contributed by atoms with E-state index in [2.05, 4.69) is 16.6 Å². The Morgan fingerprint density at radius 1 is 1.15 bits per heavy atom. The van der Waals surface area contributed by atoms with E-state index in [4.69, 9.17) is 11.6 Å². The van der Waals surface area contributed by atoms with Crippen molar-refractivity contribution in [3.63, 3.8) is 0 Å². The molecule has 0 aliphatic heterocycles. The maximum Gasteiger partial charge on any atom is 0.136 e. The predicted molar refractivity (Wildman–Crippen MR) is 106 cm³/mol. The van der Waals surface area contributed by atoms with Gasteiger partial charge in [0.1, 0.15) is 15.7 Å². The SMILES string of the molecule is CC(N[S+]([O-])C(C)(C)C)(c1cc(Cl)nc(-c2ccc(F)cc2)c1)C1CC1. The Labute approximate surface area is 162 Å². The van der Waals surface area contributed by atoms with Gasteiger partial charge in [0.25, 0.3) is 0 Å². The number of hydrogen-bond acceptors (Lipinski definition) is 3. The molecule has 1 aliphatic rings. The van der Waals surface area contributed by atoms with Gasteiger partial charge in [0.05, 0.1) is 11.2 Å². The van der Waals surface area contributed by atoms with E-state index in [-0.39, 0.29) is 10.6 Å². The quantitative estimate of drug-likeness (QED) is 0.558. The Morgan fingerprint density at radius 2 is 1.77 bits per heavy atom. The monoisotopic (exact) mass is 394 g/mol. The summed E-state index contributed by atoms with van der Waals surface area (Å²) in [5.74, 6) is 0.106. The summed E-state index contributed by atoms with van der Waals surface area (Å²) in [5.41, 5.74) is 1.98. The molecule has 0 saturated heterocycles. The minimum Gasteiger partial charge on any atom is -0.598 e. The van der Waals surface area contributed by atoms with Gasteiger partial charge in [-0.25, -0.2) is 9.37 Å². The number of pyridine rings is 1. The topological polar surface area (TPSA) is 48.0 Å². The highest BCUT2D eigenvalue weighted by molar-refractivity contribution is 7.90. The molecule has 3 nitrogen and oxygen atoms in total. The number of nitrogens with one attached hydrogen (secondary N) is 1. The van der Waals surface area contributed by atoms with Crippen LogP contribution in [0.1, 0.15) is 46.1 Å². The first kappa shape index (κ1) is 19.6. The van der Waals surface area contributed by atoms with Gasteiger partial charge < -0.3 is 4.55 Å². The van der Waals surface area contributed by atoms with Crippen LogP contribution in [0.4, 0.5) is 4.39 Å². The lowest BCUT2D eigenvalue weighted by atomic mass is 9.88. The van der Waals surface area contributed by atoms with Crippen LogP contribution < -0.4 is 4.72 Å². The average Bonchev–Trinajstić information content (AvgIpc) is 3.39. The van der Waals surface area contributed by atoms with E-state index in [1.165, 1.54) is 12.1 Å². The van der Waals surface area contributed by atoms with E-state index in [1.54, 1.807) is 12.1 Å². The van der Waals surface area contributed by atoms with Gasteiger partial charge in [-0.1, -0.05) is 11.6 Å². The lowest BCUT2D eigenvalue weighted by Gasteiger charge is -2.35. The van der Waals surface area contributed by atoms with Crippen molar-refractivity contribution < 1.29 is 8.94 Å². The van der Waals surface area contributed by atoms with Gasteiger partial charge in [-0.05, 0) is 88.4 Å². The van der Waals surface area contributed by atoms with E-state index >= 15 is 0 Å². The van der Waals surface area contributed by atoms with Gasteiger partial charge >= 0.3 is 0 Å². The standard InChI is InChI=1S/C20H24ClFN2OS/c1-19(2,3)26(25)24-20(4,14-7-8-14)15-11-17(23-18(21)12-15)13-5-9-16(22)10-6-13/h5-6,9-12,14,24H,7-8H2,1-4H3. The molecule has 6 heteroatoms. The molecule has 140 valence electrons. The fourth-order valence-corrected chi connectivity index (χ4v) is 4.13. The van der Waals surface area contributed by atoms with Crippen LogP contribution in [0.15, 0.2) is 36.4 Å². The molecule has 2 aromatic rings. The maximum absolute atomic E-state index is 13.2. The van der Waals surface area contributed by atoms with Gasteiger partial charge in [-0.3, -0.25) is 0 Å². The van der Waals surface area contributed by atoms with Crippen LogP contribution in [-0.4, -0.2) is 14.3 Å². The molecule has 0 bridgehead atoms. The largest absolute Gasteiger partial charge is 0.598 e. The first-order valence-corrected chi connectivity index (χ1v) is 10.3. The van der Waals surface area contributed by atoms with E-state index in [0.29, 0.717) is 16.8 Å². The Balaban J connectivity index is 2.01. The summed E-state index contributed by atoms with van der Waals surface area (Å²) in [6.07, 6.45) is 2.16. The average molecular weight is 395 g/mol. The highest BCUT2D eigenvalue weighted by atomic mass is 35.5. The second-order valence-corrected chi connectivity index (χ2v) is 10.4. The maximum atomic E-state index is 13.2. The zero-order valence-corrected chi connectivity index (χ0v) is 17.0. The minimum atomic E-state index is -1.21. The molecule has 3 rings (SSSR count). The second-order valence-electron chi connectivity index (χ2n) is 8.03. The van der Waals surface area contributed by atoms with Gasteiger partial charge in [0.15, 0.2) is 0 Å². The van der Waals surface area contributed by atoms with Crippen molar-refractivity contribution in [3.8, 4) is 11.3 Å². The van der Waals surface area contributed by atoms with Crippen LogP contribution in [0.25, 0.3) is 11.3 Å². The fraction of sp³-hybridized carbons (Fsp3) is 0.450. The summed E-state index contributed by atoms with van der Waals surface area (Å²) < 4.78 is 29.0. The summed E-state index contributed by atoms with van der Waals surface area (Å²) in [7, 11) is 0. The minimum absolute atomic E-state index is 0.291. The molecule has 0 spiro atoms. The van der Waals surface area contributed by atoms with E-state index < -0.39 is 16.9 Å². The molecular formula is C20H24ClFN2OS. The van der Waals surface area contributed by atoms with E-state index in [1.807, 2.05) is 32.9 Å². The Kier molecular flexibility index (Phi) is 5.37. The van der Waals surface area contributed by atoms with Crippen LogP contribution in [-0.2, 0) is 16.9 Å². The third-order valence-electron chi connectivity index (χ3n) is 4.79. The third-order valence-corrected chi connectivity index (χ3v) is 6.70. The van der Waals surface area contributed by atoms with Crippen LogP contribution in [0.5, 0.6) is 0 Å². The third kappa shape index (κ3) is 4.22. The molecule has 1 N–H and O–H groups in total. The molecule has 26 heavy (non-hydrogen) atoms. The van der Waals surface area contributed by atoms with Gasteiger partial charge in [-0.2, -0.15) is 0 Å². The number of halogens is 2. The molecule has 2 unspecified atom stereocenters. The van der Waals surface area contributed by atoms with E-state index in [9.17, 15) is 8.94 Å². The number of benzene rings is 1. The second kappa shape index (κ2) is 7.12. The summed E-state index contributed by atoms with van der Waals surface area (Å²) in [6, 6.07) is 9.99. The predicted octanol–water partition coefficient (Wildman–Crippen LogP) is 5.22. The number of hydrogen-bond donors (Lipinski definition) is 1. The molecule has 1 aromatic carbocycles. The van der Waals surface area contributed by atoms with Gasteiger partial charge in [0, 0.05) is 16.9 Å². The smallest absolute Gasteiger partial charge is 0.136 e. The first-order chi connectivity index (χ1) is 12.1. The van der Waals surface area contributed by atoms with Crippen LogP contribution >= 0.6 is 11.6 Å². The van der Waals surface area contributed by atoms with Crippen molar-refractivity contribution >= 4 is 23.0 Å². The summed E-state index contributed by atoms with van der Waals surface area (Å²) in [5, 5.41) is 0.372. The molecule has 1 saturated carbocycles. The van der Waals surface area contributed by atoms with Crippen LogP contribution in [0, 0.1) is 11.7 Å². The van der Waals surface area contributed by atoms with Crippen molar-refractivity contribution in [1.82, 2.24) is 9.71 Å². The summed E-state index contributed by atoms with van der Waals surface area (Å²) >= 11 is 5.09. The Hall–Kier alpha value is -1.14. The number of nitrogens with zero attached hydrogens (tertiary/aromatic N) is 1. The zero-order chi connectivity index (χ0) is 19.1. The zero-order valence-electron chi connectivity index (χ0n) is 15.5. The molecule has 1 aliphatic carbocycles. The van der Waals surface area contributed by atoms with Crippen molar-refractivity contribution in [2.75, 3.05) is 0 Å². The number of aromatic nitrogens is 1. The first-order valence-electron chi connectivity index (χ1n) is 8.73.